The van der Waals surface area contributed by atoms with E-state index in [0.717, 1.165) is 30.8 Å². The number of amides is 2. The molecule has 2 aromatic rings. The van der Waals surface area contributed by atoms with Gasteiger partial charge in [0.15, 0.2) is 5.82 Å². The molecule has 28 heavy (non-hydrogen) atoms. The van der Waals surface area contributed by atoms with Gasteiger partial charge in [-0.05, 0) is 25.0 Å². The van der Waals surface area contributed by atoms with Crippen LogP contribution in [0.1, 0.15) is 18.2 Å². The molecule has 1 unspecified atom stereocenters. The summed E-state index contributed by atoms with van der Waals surface area (Å²) >= 11 is 6.23. The number of urea groups is 1. The number of hydrogen-bond acceptors (Lipinski definition) is 6. The van der Waals surface area contributed by atoms with E-state index in [-0.39, 0.29) is 6.10 Å². The maximum Gasteiger partial charge on any atom is 0.324 e. The smallest absolute Gasteiger partial charge is 0.324 e. The van der Waals surface area contributed by atoms with Crippen LogP contribution in [-0.4, -0.2) is 48.4 Å². The van der Waals surface area contributed by atoms with E-state index in [1.54, 1.807) is 18.3 Å². The minimum absolute atomic E-state index is 0.0529. The normalized spacial score (nSPS) is 16.5. The first kappa shape index (κ1) is 20.3. The monoisotopic (exact) mass is 405 g/mol. The van der Waals surface area contributed by atoms with Crippen molar-refractivity contribution in [3.63, 3.8) is 0 Å². The van der Waals surface area contributed by atoms with Gasteiger partial charge in [0.2, 0.25) is 0 Å². The maximum atomic E-state index is 12.4. The molecular weight excluding hydrogens is 382 g/mol. The van der Waals surface area contributed by atoms with Crippen molar-refractivity contribution in [2.45, 2.75) is 26.4 Å². The first-order valence-electron chi connectivity index (χ1n) is 9.19. The first-order chi connectivity index (χ1) is 13.5. The summed E-state index contributed by atoms with van der Waals surface area (Å²) in [6.45, 7) is 6.40. The highest BCUT2D eigenvalue weighted by atomic mass is 35.5. The number of aryl methyl sites for hydroxylation is 2. The highest BCUT2D eigenvalue weighted by Gasteiger charge is 2.17. The van der Waals surface area contributed by atoms with Crippen LogP contribution in [0.4, 0.5) is 16.3 Å². The molecule has 0 radical (unpaired) electrons. The summed E-state index contributed by atoms with van der Waals surface area (Å²) in [6, 6.07) is 3.02. The highest BCUT2D eigenvalue weighted by molar-refractivity contribution is 6.31. The van der Waals surface area contributed by atoms with Crippen LogP contribution in [0.15, 0.2) is 24.5 Å². The summed E-state index contributed by atoms with van der Waals surface area (Å²) < 4.78 is 11.5. The molecule has 0 saturated carbocycles. The number of nitrogens with zero attached hydrogens (tertiary/aromatic N) is 2. The number of hydrogen-bond donors (Lipinski definition) is 3. The van der Waals surface area contributed by atoms with Crippen LogP contribution in [0.2, 0.25) is 5.02 Å². The fourth-order valence-electron chi connectivity index (χ4n) is 2.66. The fourth-order valence-corrected chi connectivity index (χ4v) is 2.82. The van der Waals surface area contributed by atoms with Crippen LogP contribution in [-0.2, 0) is 11.2 Å². The molecule has 3 N–H and O–H groups in total. The topological polar surface area (TPSA) is 97.4 Å². The van der Waals surface area contributed by atoms with E-state index in [1.165, 1.54) is 6.20 Å². The van der Waals surface area contributed by atoms with Crippen molar-refractivity contribution >= 4 is 29.1 Å². The second-order valence-electron chi connectivity index (χ2n) is 6.43. The van der Waals surface area contributed by atoms with Crippen LogP contribution in [0.25, 0.3) is 0 Å². The Morgan fingerprint density at radius 2 is 2.21 bits per heavy atom. The van der Waals surface area contributed by atoms with Crippen molar-refractivity contribution in [3.05, 3.63) is 40.8 Å². The lowest BCUT2D eigenvalue weighted by atomic mass is 10.2. The average Bonchev–Trinajstić information content (AvgIpc) is 2.71. The molecular formula is C19H24ClN5O3. The van der Waals surface area contributed by atoms with Crippen LogP contribution < -0.4 is 20.7 Å². The van der Waals surface area contributed by atoms with E-state index in [1.807, 2.05) is 13.8 Å². The van der Waals surface area contributed by atoms with Crippen molar-refractivity contribution in [3.8, 4) is 5.75 Å². The fraction of sp³-hybridized carbons (Fsp3) is 0.421. The molecule has 0 bridgehead atoms. The van der Waals surface area contributed by atoms with Gasteiger partial charge in [-0.3, -0.25) is 10.3 Å². The number of aromatic nitrogens is 2. The summed E-state index contributed by atoms with van der Waals surface area (Å²) in [7, 11) is 0. The molecule has 1 aliphatic heterocycles. The second-order valence-corrected chi connectivity index (χ2v) is 6.84. The average molecular weight is 406 g/mol. The van der Waals surface area contributed by atoms with E-state index in [9.17, 15) is 4.79 Å². The van der Waals surface area contributed by atoms with Crippen molar-refractivity contribution in [1.82, 2.24) is 15.3 Å². The molecule has 1 fully saturated rings. The number of nitrogens with one attached hydrogen (secondary N) is 3. The van der Waals surface area contributed by atoms with E-state index < -0.39 is 6.03 Å². The first-order valence-corrected chi connectivity index (χ1v) is 9.57. The maximum absolute atomic E-state index is 12.4. The van der Waals surface area contributed by atoms with E-state index >= 15 is 0 Å². The molecule has 2 heterocycles. The lowest BCUT2D eigenvalue weighted by molar-refractivity contribution is 0.000351. The zero-order chi connectivity index (χ0) is 19.9. The SMILES string of the molecule is CCc1cnc(NC(=O)Nc2cc(C)c(Cl)cc2OCC2CNCCO2)cn1. The molecule has 8 nitrogen and oxygen atoms in total. The Labute approximate surface area is 169 Å². The molecule has 1 saturated heterocycles. The molecule has 1 aromatic heterocycles. The second kappa shape index (κ2) is 9.68. The quantitative estimate of drug-likeness (QED) is 0.683. The number of ether oxygens (including phenoxy) is 2. The van der Waals surface area contributed by atoms with Gasteiger partial charge in [-0.25, -0.2) is 9.78 Å². The van der Waals surface area contributed by atoms with E-state index in [0.29, 0.717) is 35.5 Å². The minimum atomic E-state index is -0.444. The third-order valence-electron chi connectivity index (χ3n) is 4.25. The van der Waals surface area contributed by atoms with Crippen LogP contribution in [0.3, 0.4) is 0 Å². The standard InChI is InChI=1S/C19H24ClN5O3/c1-3-13-8-23-18(10-22-13)25-19(26)24-16-6-12(2)15(20)7-17(16)28-11-14-9-21-4-5-27-14/h6-8,10,14,21H,3-5,9,11H2,1-2H3,(H2,23,24,25,26). The molecule has 9 heteroatoms. The van der Waals surface area contributed by atoms with Gasteiger partial charge < -0.3 is 20.1 Å². The van der Waals surface area contributed by atoms with Gasteiger partial charge in [0.1, 0.15) is 18.5 Å². The molecule has 150 valence electrons. The van der Waals surface area contributed by atoms with Crippen LogP contribution in [0, 0.1) is 6.92 Å². The number of anilines is 2. The minimum Gasteiger partial charge on any atom is -0.489 e. The number of benzene rings is 1. The zero-order valence-electron chi connectivity index (χ0n) is 15.9. The molecule has 0 aliphatic carbocycles. The van der Waals surface area contributed by atoms with Gasteiger partial charge >= 0.3 is 6.03 Å². The predicted molar refractivity (Wildman–Crippen MR) is 108 cm³/mol. The summed E-state index contributed by atoms with van der Waals surface area (Å²) in [6.07, 6.45) is 3.89. The number of morpholine rings is 1. The van der Waals surface area contributed by atoms with Gasteiger partial charge in [-0.2, -0.15) is 0 Å². The van der Waals surface area contributed by atoms with Gasteiger partial charge in [0.25, 0.3) is 0 Å². The van der Waals surface area contributed by atoms with Gasteiger partial charge in [0, 0.05) is 24.2 Å². The summed E-state index contributed by atoms with van der Waals surface area (Å²) in [5.41, 5.74) is 2.20. The molecule has 1 aromatic carbocycles. The third kappa shape index (κ3) is 5.54. The van der Waals surface area contributed by atoms with E-state index in [2.05, 4.69) is 25.9 Å². The number of rotatable bonds is 6. The Morgan fingerprint density at radius 1 is 1.36 bits per heavy atom. The van der Waals surface area contributed by atoms with Gasteiger partial charge in [-0.15, -0.1) is 0 Å². The summed E-state index contributed by atoms with van der Waals surface area (Å²) in [5.74, 6) is 0.844. The highest BCUT2D eigenvalue weighted by Crippen LogP contribution is 2.31. The Hall–Kier alpha value is -2.42. The molecule has 3 rings (SSSR count). The predicted octanol–water partition coefficient (Wildman–Crippen LogP) is 3.01. The van der Waals surface area contributed by atoms with Crippen molar-refractivity contribution in [1.29, 1.82) is 0 Å². The zero-order valence-corrected chi connectivity index (χ0v) is 16.7. The van der Waals surface area contributed by atoms with Crippen LogP contribution >= 0.6 is 11.6 Å². The Kier molecular flexibility index (Phi) is 7.02. The van der Waals surface area contributed by atoms with Crippen molar-refractivity contribution < 1.29 is 14.3 Å². The summed E-state index contributed by atoms with van der Waals surface area (Å²) in [5, 5.41) is 9.26. The van der Waals surface area contributed by atoms with Crippen molar-refractivity contribution in [2.75, 3.05) is 36.9 Å². The molecule has 1 aliphatic rings. The Morgan fingerprint density at radius 3 is 2.89 bits per heavy atom. The van der Waals surface area contributed by atoms with E-state index in [4.69, 9.17) is 21.1 Å². The van der Waals surface area contributed by atoms with Gasteiger partial charge in [-0.1, -0.05) is 18.5 Å². The molecule has 2 amide bonds. The third-order valence-corrected chi connectivity index (χ3v) is 4.65. The number of carbonyl (C=O) groups is 1. The lowest BCUT2D eigenvalue weighted by Gasteiger charge is -2.24. The Bertz CT molecular complexity index is 810. The lowest BCUT2D eigenvalue weighted by Crippen LogP contribution is -2.41. The summed E-state index contributed by atoms with van der Waals surface area (Å²) in [4.78, 5) is 20.8. The number of halogens is 1. The Balaban J connectivity index is 1.66. The number of carbonyl (C=O) groups excluding carboxylic acids is 1. The largest absolute Gasteiger partial charge is 0.489 e. The van der Waals surface area contributed by atoms with Crippen LogP contribution in [0.5, 0.6) is 5.75 Å². The van der Waals surface area contributed by atoms with Crippen molar-refractivity contribution in [2.24, 2.45) is 0 Å². The molecule has 1 atom stereocenters. The molecule has 0 spiro atoms. The van der Waals surface area contributed by atoms with Gasteiger partial charge in [0.05, 0.1) is 30.4 Å².